The van der Waals surface area contributed by atoms with Crippen molar-refractivity contribution in [1.29, 1.82) is 0 Å². The van der Waals surface area contributed by atoms with Crippen molar-refractivity contribution in [2.75, 3.05) is 43.1 Å². The average molecular weight is 817 g/mol. The van der Waals surface area contributed by atoms with Crippen molar-refractivity contribution in [3.8, 4) is 0 Å². The lowest BCUT2D eigenvalue weighted by Gasteiger charge is -2.73. The first kappa shape index (κ1) is 43.0. The number of carboxylic acids is 1. The number of carbonyl (C=O) groups excluding carboxylic acids is 1. The van der Waals surface area contributed by atoms with Gasteiger partial charge in [0.2, 0.25) is 0 Å². The number of sulfone groups is 1. The lowest BCUT2D eigenvalue weighted by atomic mass is 9.32. The van der Waals surface area contributed by atoms with E-state index in [0.717, 1.165) is 38.0 Å². The number of hydrogen-bond donors (Lipinski definition) is 2. The fourth-order valence-electron chi connectivity index (χ4n) is 15.7. The Kier molecular flexibility index (Phi) is 11.4. The quantitative estimate of drug-likeness (QED) is 0.148. The minimum atomic E-state index is -2.92. The van der Waals surface area contributed by atoms with E-state index in [1.54, 1.807) is 0 Å². The van der Waals surface area contributed by atoms with E-state index in [9.17, 15) is 23.1 Å². The molecule has 0 aromatic rings. The molecular weight excluding hydrogens is 741 g/mol. The van der Waals surface area contributed by atoms with Gasteiger partial charge < -0.3 is 15.2 Å². The summed E-state index contributed by atoms with van der Waals surface area (Å²) in [5.41, 5.74) is 1.58. The Labute approximate surface area is 344 Å². The first-order chi connectivity index (χ1) is 26.1. The molecule has 6 saturated carbocycles. The van der Waals surface area contributed by atoms with Gasteiger partial charge in [-0.05, 0) is 147 Å². The SMILES string of the molecule is C=C(C)[C@@H]1CC[C@]2(NC[C@H](CCSC)N3CCS(=O)(=O)CC3)CC[C@]3(C)[C@H](CC[C@@H]4[C@@]5(C)CC[C@H](OC(=O)[C@H]6[C@@H](CC(=O)O)C6(C)C)C(C)(C)[C@@H]5CC[C@]43C)[C@@H]12. The summed E-state index contributed by atoms with van der Waals surface area (Å²) in [6, 6.07) is 0.355. The van der Waals surface area contributed by atoms with E-state index in [-0.39, 0.29) is 74.4 Å². The maximum atomic E-state index is 13.7. The molecule has 0 radical (unpaired) electrons. The number of fused-ring (bicyclic) bond motifs is 7. The second kappa shape index (κ2) is 14.8. The maximum absolute atomic E-state index is 13.7. The lowest BCUT2D eigenvalue weighted by Crippen LogP contribution is -2.69. The number of carbonyl (C=O) groups is 2. The van der Waals surface area contributed by atoms with Crippen LogP contribution in [0.2, 0.25) is 0 Å². The molecule has 318 valence electrons. The van der Waals surface area contributed by atoms with Gasteiger partial charge in [0, 0.05) is 43.1 Å². The number of nitrogens with one attached hydrogen (secondary N) is 1. The molecule has 13 atom stereocenters. The molecule has 1 saturated heterocycles. The van der Waals surface area contributed by atoms with Gasteiger partial charge >= 0.3 is 11.9 Å². The summed E-state index contributed by atoms with van der Waals surface area (Å²) in [4.78, 5) is 27.7. The normalized spacial score (nSPS) is 45.3. The molecule has 0 bridgehead atoms. The van der Waals surface area contributed by atoms with E-state index in [2.05, 4.69) is 64.6 Å². The number of carboxylic acid groups (broad SMARTS) is 1. The Morgan fingerprint density at radius 3 is 2.23 bits per heavy atom. The van der Waals surface area contributed by atoms with Crippen molar-refractivity contribution in [2.45, 2.75) is 150 Å². The number of esters is 1. The molecule has 0 spiro atoms. The average Bonchev–Trinajstić information content (AvgIpc) is 3.42. The Bertz CT molecular complexity index is 1650. The second-order valence-electron chi connectivity index (χ2n) is 22.1. The van der Waals surface area contributed by atoms with Gasteiger partial charge in [0.1, 0.15) is 6.10 Å². The Morgan fingerprint density at radius 2 is 1.59 bits per heavy atom. The Balaban J connectivity index is 1.10. The van der Waals surface area contributed by atoms with Crippen LogP contribution in [0.15, 0.2) is 12.2 Å². The van der Waals surface area contributed by atoms with E-state index >= 15 is 0 Å². The Morgan fingerprint density at radius 1 is 0.893 bits per heavy atom. The van der Waals surface area contributed by atoms with Gasteiger partial charge in [-0.2, -0.15) is 11.8 Å². The molecule has 0 unspecified atom stereocenters. The summed E-state index contributed by atoms with van der Waals surface area (Å²) in [5.74, 6) is 2.95. The van der Waals surface area contributed by atoms with Crippen LogP contribution in [0, 0.1) is 68.5 Å². The summed E-state index contributed by atoms with van der Waals surface area (Å²) in [7, 11) is -2.92. The molecule has 0 aromatic carbocycles. The first-order valence-corrected chi connectivity index (χ1v) is 25.6. The monoisotopic (exact) mass is 817 g/mol. The number of nitrogens with zero attached hydrogens (tertiary/aromatic N) is 1. The largest absolute Gasteiger partial charge is 0.481 e. The third-order valence-electron chi connectivity index (χ3n) is 19.2. The number of aliphatic carboxylic acids is 1. The van der Waals surface area contributed by atoms with Gasteiger partial charge in [-0.3, -0.25) is 14.5 Å². The summed E-state index contributed by atoms with van der Waals surface area (Å²) in [5, 5.41) is 13.8. The molecule has 1 heterocycles. The fourth-order valence-corrected chi connectivity index (χ4v) is 17.4. The van der Waals surface area contributed by atoms with E-state index in [1.807, 2.05) is 25.6 Å². The third-order valence-corrected chi connectivity index (χ3v) is 21.5. The van der Waals surface area contributed by atoms with Crippen LogP contribution in [0.4, 0.5) is 0 Å². The van der Waals surface area contributed by atoms with Crippen molar-refractivity contribution < 1.29 is 27.9 Å². The molecule has 10 heteroatoms. The van der Waals surface area contributed by atoms with Crippen LogP contribution in [0.5, 0.6) is 0 Å². The van der Waals surface area contributed by atoms with E-state index in [4.69, 9.17) is 4.74 Å². The standard InChI is InChI=1S/C46H76N2O6S2/c1-29(2)31-13-19-46(47-28-30(16-24-55-10)48-22-25-56(52,53)26-23-48)21-20-44(8)32(38(31)46)11-12-35-43(7)17-15-36(42(5,6)34(43)14-18-45(35,44)9)54-40(51)39-33(27-37(49)50)41(39,3)4/h30-36,38-39,47H,1,11-28H2,2-10H3,(H,49,50)/t30-,31-,32+,33+,34-,35+,36-,38+,39+,43-,44+,45+,46-/m0/s1. The summed E-state index contributed by atoms with van der Waals surface area (Å²) >= 11 is 1.89. The van der Waals surface area contributed by atoms with E-state index in [0.29, 0.717) is 48.7 Å². The number of allylic oxidation sites excluding steroid dienone is 1. The molecule has 7 rings (SSSR count). The van der Waals surface area contributed by atoms with Crippen LogP contribution in [-0.2, 0) is 24.2 Å². The highest BCUT2D eigenvalue weighted by Crippen LogP contribution is 2.76. The van der Waals surface area contributed by atoms with Gasteiger partial charge in [-0.15, -0.1) is 0 Å². The van der Waals surface area contributed by atoms with Gasteiger partial charge in [-0.25, -0.2) is 8.42 Å². The van der Waals surface area contributed by atoms with Crippen molar-refractivity contribution in [3.63, 3.8) is 0 Å². The molecule has 0 amide bonds. The van der Waals surface area contributed by atoms with Gasteiger partial charge in [-0.1, -0.05) is 60.6 Å². The maximum Gasteiger partial charge on any atom is 0.310 e. The van der Waals surface area contributed by atoms with Crippen molar-refractivity contribution in [2.24, 2.45) is 68.5 Å². The topological polar surface area (TPSA) is 113 Å². The highest BCUT2D eigenvalue weighted by atomic mass is 32.2. The van der Waals surface area contributed by atoms with Crippen molar-refractivity contribution in [3.05, 3.63) is 12.2 Å². The highest BCUT2D eigenvalue weighted by molar-refractivity contribution is 7.98. The molecule has 7 aliphatic rings. The predicted octanol–water partition coefficient (Wildman–Crippen LogP) is 8.50. The second-order valence-corrected chi connectivity index (χ2v) is 25.4. The molecule has 8 nitrogen and oxygen atoms in total. The molecule has 7 fully saturated rings. The third kappa shape index (κ3) is 6.88. The lowest BCUT2D eigenvalue weighted by molar-refractivity contribution is -0.246. The van der Waals surface area contributed by atoms with Crippen LogP contribution in [0.25, 0.3) is 0 Å². The predicted molar refractivity (Wildman–Crippen MR) is 227 cm³/mol. The summed E-state index contributed by atoms with van der Waals surface area (Å²) in [6.07, 6.45) is 14.8. The number of ether oxygens (including phenoxy) is 1. The molecule has 2 N–H and O–H groups in total. The highest BCUT2D eigenvalue weighted by Gasteiger charge is 2.71. The van der Waals surface area contributed by atoms with E-state index in [1.165, 1.54) is 50.5 Å². The van der Waals surface area contributed by atoms with Crippen LogP contribution in [-0.4, -0.2) is 91.2 Å². The fraction of sp³-hybridized carbons (Fsp3) is 0.913. The minimum Gasteiger partial charge on any atom is -0.481 e. The van der Waals surface area contributed by atoms with Crippen molar-refractivity contribution >= 4 is 33.5 Å². The van der Waals surface area contributed by atoms with Crippen molar-refractivity contribution in [1.82, 2.24) is 10.2 Å². The minimum absolute atomic E-state index is 0.0261. The summed E-state index contributed by atoms with van der Waals surface area (Å²) < 4.78 is 31.2. The van der Waals surface area contributed by atoms with Crippen LogP contribution >= 0.6 is 11.8 Å². The molecule has 1 aliphatic heterocycles. The zero-order chi connectivity index (χ0) is 40.9. The van der Waals surface area contributed by atoms with E-state index < -0.39 is 15.8 Å². The molecular formula is C46H76N2O6S2. The van der Waals surface area contributed by atoms with Gasteiger partial charge in [0.05, 0.1) is 17.4 Å². The molecule has 0 aromatic heterocycles. The molecule has 6 aliphatic carbocycles. The van der Waals surface area contributed by atoms with Crippen LogP contribution in [0.3, 0.4) is 0 Å². The number of rotatable bonds is 12. The summed E-state index contributed by atoms with van der Waals surface area (Å²) in [6.45, 7) is 25.9. The zero-order valence-corrected chi connectivity index (χ0v) is 38.0. The zero-order valence-electron chi connectivity index (χ0n) is 36.4. The Hall–Kier alpha value is -1.10. The molecule has 56 heavy (non-hydrogen) atoms. The smallest absolute Gasteiger partial charge is 0.310 e. The first-order valence-electron chi connectivity index (χ1n) is 22.3. The van der Waals surface area contributed by atoms with Gasteiger partial charge in [0.15, 0.2) is 9.84 Å². The van der Waals surface area contributed by atoms with Gasteiger partial charge in [0.25, 0.3) is 0 Å². The number of hydrogen-bond acceptors (Lipinski definition) is 8. The van der Waals surface area contributed by atoms with Crippen LogP contribution < -0.4 is 5.32 Å². The van der Waals surface area contributed by atoms with Crippen LogP contribution in [0.1, 0.15) is 132 Å². The number of thioether (sulfide) groups is 1.